The van der Waals surface area contributed by atoms with Crippen LogP contribution in [-0.4, -0.2) is 21.8 Å². The predicted octanol–water partition coefficient (Wildman–Crippen LogP) is 3.20. The molecule has 9 heteroatoms. The van der Waals surface area contributed by atoms with Crippen LogP contribution >= 0.6 is 0 Å². The number of aryl methyl sites for hydroxylation is 1. The lowest BCUT2D eigenvalue weighted by molar-refractivity contribution is -0.121. The number of nitrogens with one attached hydrogen (secondary N) is 1. The van der Waals surface area contributed by atoms with E-state index in [1.165, 1.54) is 4.57 Å². The van der Waals surface area contributed by atoms with E-state index in [4.69, 9.17) is 13.9 Å². The van der Waals surface area contributed by atoms with E-state index in [-0.39, 0.29) is 37.9 Å². The maximum Gasteiger partial charge on any atom is 0.332 e. The number of fused-ring (bicyclic) bond motifs is 4. The lowest BCUT2D eigenvalue weighted by Crippen LogP contribution is -2.42. The minimum absolute atomic E-state index is 0.0532. The van der Waals surface area contributed by atoms with Crippen LogP contribution in [0.3, 0.4) is 0 Å². The van der Waals surface area contributed by atoms with Gasteiger partial charge in [-0.1, -0.05) is 48.5 Å². The lowest BCUT2D eigenvalue weighted by atomic mass is 10.1. The summed E-state index contributed by atoms with van der Waals surface area (Å²) in [6, 6.07) is 22.1. The highest BCUT2D eigenvalue weighted by Gasteiger charge is 2.21. The number of para-hydroxylation sites is 1. The number of carbonyl (C=O) groups excluding carboxylic acids is 1. The second kappa shape index (κ2) is 9.34. The molecule has 6 rings (SSSR count). The normalized spacial score (nSPS) is 12.3. The van der Waals surface area contributed by atoms with E-state index >= 15 is 0 Å². The van der Waals surface area contributed by atoms with Crippen molar-refractivity contribution in [3.8, 4) is 11.5 Å². The van der Waals surface area contributed by atoms with Crippen LogP contribution in [0.25, 0.3) is 22.1 Å². The molecule has 0 spiro atoms. The highest BCUT2D eigenvalue weighted by molar-refractivity contribution is 6.02. The van der Waals surface area contributed by atoms with Gasteiger partial charge in [0.05, 0.1) is 0 Å². The van der Waals surface area contributed by atoms with Gasteiger partial charge < -0.3 is 19.2 Å². The molecule has 1 aliphatic heterocycles. The Bertz CT molecular complexity index is 1750. The third-order valence-electron chi connectivity index (χ3n) is 6.44. The smallest absolute Gasteiger partial charge is 0.332 e. The van der Waals surface area contributed by atoms with Gasteiger partial charge >= 0.3 is 5.69 Å². The van der Waals surface area contributed by atoms with E-state index in [0.29, 0.717) is 34.4 Å². The molecule has 0 saturated heterocycles. The number of hydrogen-bond acceptors (Lipinski definition) is 6. The Kier molecular flexibility index (Phi) is 5.72. The molecule has 5 aromatic rings. The molecule has 0 aliphatic carbocycles. The van der Waals surface area contributed by atoms with E-state index in [2.05, 4.69) is 5.32 Å². The van der Waals surface area contributed by atoms with Crippen molar-refractivity contribution >= 4 is 28.0 Å². The van der Waals surface area contributed by atoms with E-state index < -0.39 is 11.2 Å². The van der Waals surface area contributed by atoms with Gasteiger partial charge in [-0.15, -0.1) is 0 Å². The molecule has 0 radical (unpaired) electrons. The van der Waals surface area contributed by atoms with E-state index in [1.54, 1.807) is 36.4 Å². The molecular weight excluding hydrogens is 474 g/mol. The molecule has 1 aliphatic rings. The summed E-state index contributed by atoms with van der Waals surface area (Å²) in [5, 5.41) is 3.45. The van der Waals surface area contributed by atoms with Crippen molar-refractivity contribution in [3.05, 3.63) is 105 Å². The number of hydrogen-bond donors (Lipinski definition) is 1. The first-order valence-corrected chi connectivity index (χ1v) is 11.9. The molecule has 1 amide bonds. The Morgan fingerprint density at radius 1 is 0.865 bits per heavy atom. The van der Waals surface area contributed by atoms with Crippen LogP contribution in [0.5, 0.6) is 11.5 Å². The van der Waals surface area contributed by atoms with Crippen LogP contribution in [0.2, 0.25) is 0 Å². The lowest BCUT2D eigenvalue weighted by Gasteiger charge is -2.12. The van der Waals surface area contributed by atoms with Gasteiger partial charge in [0.25, 0.3) is 5.56 Å². The topological polar surface area (TPSA) is 105 Å². The number of carbonyl (C=O) groups is 1. The summed E-state index contributed by atoms with van der Waals surface area (Å²) in [6.45, 7) is 0.304. The van der Waals surface area contributed by atoms with E-state index in [1.807, 2.05) is 36.4 Å². The molecule has 2 aromatic heterocycles. The largest absolute Gasteiger partial charge is 0.454 e. The zero-order valence-electron chi connectivity index (χ0n) is 19.8. The van der Waals surface area contributed by atoms with E-state index in [0.717, 1.165) is 15.7 Å². The third kappa shape index (κ3) is 4.24. The summed E-state index contributed by atoms with van der Waals surface area (Å²) in [7, 11) is 0. The Morgan fingerprint density at radius 3 is 2.51 bits per heavy atom. The second-order valence-electron chi connectivity index (χ2n) is 8.80. The van der Waals surface area contributed by atoms with Crippen LogP contribution in [0, 0.1) is 0 Å². The zero-order valence-corrected chi connectivity index (χ0v) is 19.8. The van der Waals surface area contributed by atoms with Crippen LogP contribution in [-0.2, 0) is 30.8 Å². The molecule has 1 N–H and O–H groups in total. The minimum atomic E-state index is -0.557. The molecule has 0 atom stereocenters. The number of furan rings is 1. The summed E-state index contributed by atoms with van der Waals surface area (Å²) < 4.78 is 19.1. The summed E-state index contributed by atoms with van der Waals surface area (Å²) in [5.74, 6) is 0.910. The number of nitrogens with zero attached hydrogens (tertiary/aromatic N) is 2. The Labute approximate surface area is 210 Å². The monoisotopic (exact) mass is 497 g/mol. The van der Waals surface area contributed by atoms with Crippen LogP contribution in [0.1, 0.15) is 11.1 Å². The maximum absolute atomic E-state index is 13.6. The van der Waals surface area contributed by atoms with Gasteiger partial charge in [-0.25, -0.2) is 4.79 Å². The number of ether oxygens (including phenoxy) is 2. The summed E-state index contributed by atoms with van der Waals surface area (Å²) in [4.78, 5) is 39.9. The van der Waals surface area contributed by atoms with Crippen molar-refractivity contribution in [2.45, 2.75) is 26.1 Å². The molecule has 0 bridgehead atoms. The quantitative estimate of drug-likeness (QED) is 0.370. The SMILES string of the molecule is O=C(Cn1c(=O)n(CCc2ccccc2)c(=O)c2oc3ccccc3c21)NCc1ccc2c(c1)OCO2. The highest BCUT2D eigenvalue weighted by atomic mass is 16.7. The molecular formula is C28H23N3O6. The standard InChI is InChI=1S/C28H23N3O6/c32-24(29-15-19-10-11-22-23(14-19)36-17-35-22)16-31-25-20-8-4-5-9-21(20)37-26(25)27(33)30(28(31)34)13-12-18-6-2-1-3-7-18/h1-11,14H,12-13,15-17H2,(H,29,32). The van der Waals surface area contributed by atoms with Gasteiger partial charge in [0, 0.05) is 18.5 Å². The van der Waals surface area contributed by atoms with Gasteiger partial charge in [0.15, 0.2) is 11.5 Å². The van der Waals surface area contributed by atoms with Gasteiger partial charge in [-0.3, -0.25) is 18.7 Å². The fraction of sp³-hybridized carbons (Fsp3) is 0.179. The van der Waals surface area contributed by atoms with Gasteiger partial charge in [0.2, 0.25) is 18.3 Å². The second-order valence-corrected chi connectivity index (χ2v) is 8.80. The molecule has 0 fully saturated rings. The number of aromatic nitrogens is 2. The third-order valence-corrected chi connectivity index (χ3v) is 6.44. The number of benzene rings is 3. The fourth-order valence-electron chi connectivity index (χ4n) is 4.58. The Balaban J connectivity index is 1.34. The fourth-order valence-corrected chi connectivity index (χ4v) is 4.58. The maximum atomic E-state index is 13.6. The number of amides is 1. The van der Waals surface area contributed by atoms with Crippen LogP contribution in [0.15, 0.2) is 86.8 Å². The number of rotatable bonds is 7. The van der Waals surface area contributed by atoms with Gasteiger partial charge in [-0.2, -0.15) is 0 Å². The Hall–Kier alpha value is -4.79. The predicted molar refractivity (Wildman–Crippen MR) is 137 cm³/mol. The molecule has 37 heavy (non-hydrogen) atoms. The van der Waals surface area contributed by atoms with Crippen molar-refractivity contribution in [2.75, 3.05) is 6.79 Å². The first-order valence-electron chi connectivity index (χ1n) is 11.9. The molecule has 3 aromatic carbocycles. The Morgan fingerprint density at radius 2 is 1.65 bits per heavy atom. The zero-order chi connectivity index (χ0) is 25.4. The van der Waals surface area contributed by atoms with Crippen LogP contribution in [0.4, 0.5) is 0 Å². The van der Waals surface area contributed by atoms with Crippen molar-refractivity contribution in [1.82, 2.24) is 14.5 Å². The van der Waals surface area contributed by atoms with Crippen molar-refractivity contribution < 1.29 is 18.7 Å². The first-order chi connectivity index (χ1) is 18.1. The van der Waals surface area contributed by atoms with Crippen molar-refractivity contribution in [2.24, 2.45) is 0 Å². The molecule has 3 heterocycles. The van der Waals surface area contributed by atoms with Gasteiger partial charge in [0.1, 0.15) is 17.6 Å². The highest BCUT2D eigenvalue weighted by Crippen LogP contribution is 2.32. The van der Waals surface area contributed by atoms with Crippen molar-refractivity contribution in [3.63, 3.8) is 0 Å². The first kappa shape index (κ1) is 22.7. The molecule has 0 unspecified atom stereocenters. The summed E-state index contributed by atoms with van der Waals surface area (Å²) in [5.41, 5.74) is 1.60. The molecule has 9 nitrogen and oxygen atoms in total. The minimum Gasteiger partial charge on any atom is -0.454 e. The molecule has 0 saturated carbocycles. The average molecular weight is 498 g/mol. The summed E-state index contributed by atoms with van der Waals surface area (Å²) >= 11 is 0. The molecule has 186 valence electrons. The average Bonchev–Trinajstić information content (AvgIpc) is 3.55. The van der Waals surface area contributed by atoms with Crippen LogP contribution < -0.4 is 26.0 Å². The van der Waals surface area contributed by atoms with Crippen molar-refractivity contribution in [1.29, 1.82) is 0 Å². The summed E-state index contributed by atoms with van der Waals surface area (Å²) in [6.07, 6.45) is 0.484. The van der Waals surface area contributed by atoms with E-state index in [9.17, 15) is 14.4 Å². The van der Waals surface area contributed by atoms with Gasteiger partial charge in [-0.05, 0) is 41.8 Å².